The van der Waals surface area contributed by atoms with Crippen LogP contribution in [-0.4, -0.2) is 34.0 Å². The maximum absolute atomic E-state index is 11.5. The molecule has 3 rings (SSSR count). The first-order valence-electron chi connectivity index (χ1n) is 9.42. The third-order valence-electron chi connectivity index (χ3n) is 4.48. The maximum atomic E-state index is 11.5. The molecule has 0 saturated heterocycles. The van der Waals surface area contributed by atoms with Crippen molar-refractivity contribution in [2.24, 2.45) is 11.1 Å². The van der Waals surface area contributed by atoms with Crippen molar-refractivity contribution < 1.29 is 24.0 Å². The van der Waals surface area contributed by atoms with E-state index < -0.39 is 11.9 Å². The SMILES string of the molecule is CO/N=C(\C)C(Cc1ccc(OCc2nc(Cc3ccccc3)no2)cc1)C(=O)O. The Bertz CT molecular complexity index is 984. The third kappa shape index (κ3) is 5.91. The summed E-state index contributed by atoms with van der Waals surface area (Å²) >= 11 is 0. The van der Waals surface area contributed by atoms with E-state index in [1.54, 1.807) is 19.1 Å². The molecular formula is C22H23N3O5. The van der Waals surface area contributed by atoms with Gasteiger partial charge in [-0.3, -0.25) is 4.79 Å². The van der Waals surface area contributed by atoms with Crippen LogP contribution in [0.5, 0.6) is 5.75 Å². The molecule has 3 aromatic rings. The van der Waals surface area contributed by atoms with Crippen LogP contribution in [0.25, 0.3) is 0 Å². The molecular weight excluding hydrogens is 386 g/mol. The fourth-order valence-electron chi connectivity index (χ4n) is 2.92. The molecule has 0 fully saturated rings. The summed E-state index contributed by atoms with van der Waals surface area (Å²) < 4.78 is 10.9. The van der Waals surface area contributed by atoms with E-state index in [2.05, 4.69) is 20.1 Å². The van der Waals surface area contributed by atoms with E-state index >= 15 is 0 Å². The third-order valence-corrected chi connectivity index (χ3v) is 4.48. The zero-order valence-electron chi connectivity index (χ0n) is 16.8. The lowest BCUT2D eigenvalue weighted by atomic mass is 9.95. The van der Waals surface area contributed by atoms with E-state index in [1.807, 2.05) is 42.5 Å². The van der Waals surface area contributed by atoms with Crippen LogP contribution in [0.15, 0.2) is 64.3 Å². The first kappa shape index (κ1) is 21.0. The second-order valence-corrected chi connectivity index (χ2v) is 6.71. The lowest BCUT2D eigenvalue weighted by Gasteiger charge is -2.12. The van der Waals surface area contributed by atoms with Crippen molar-refractivity contribution in [2.45, 2.75) is 26.4 Å². The summed E-state index contributed by atoms with van der Waals surface area (Å²) in [7, 11) is 1.39. The van der Waals surface area contributed by atoms with E-state index in [0.29, 0.717) is 36.0 Å². The molecule has 156 valence electrons. The zero-order valence-corrected chi connectivity index (χ0v) is 16.8. The highest BCUT2D eigenvalue weighted by Crippen LogP contribution is 2.18. The van der Waals surface area contributed by atoms with Gasteiger partial charge in [0.2, 0.25) is 0 Å². The molecule has 1 N–H and O–H groups in total. The summed E-state index contributed by atoms with van der Waals surface area (Å²) in [6, 6.07) is 17.1. The Morgan fingerprint density at radius 3 is 2.53 bits per heavy atom. The highest BCUT2D eigenvalue weighted by atomic mass is 16.6. The largest absolute Gasteiger partial charge is 0.484 e. The summed E-state index contributed by atoms with van der Waals surface area (Å²) in [4.78, 5) is 20.5. The van der Waals surface area contributed by atoms with E-state index in [1.165, 1.54) is 7.11 Å². The van der Waals surface area contributed by atoms with E-state index in [0.717, 1.165) is 11.1 Å². The van der Waals surface area contributed by atoms with E-state index in [4.69, 9.17) is 9.26 Å². The standard InChI is InChI=1S/C22H23N3O5/c1-15(24-28-2)19(22(26)27)12-17-8-10-18(11-9-17)29-14-21-23-20(25-30-21)13-16-6-4-3-5-7-16/h3-11,19H,12-14H2,1-2H3,(H,26,27)/b24-15+. The minimum Gasteiger partial charge on any atom is -0.484 e. The number of hydrogen-bond acceptors (Lipinski definition) is 7. The Morgan fingerprint density at radius 2 is 1.87 bits per heavy atom. The number of benzene rings is 2. The fraction of sp³-hybridized carbons (Fsp3) is 0.273. The van der Waals surface area contributed by atoms with Gasteiger partial charge in [-0.1, -0.05) is 52.8 Å². The molecule has 0 amide bonds. The summed E-state index contributed by atoms with van der Waals surface area (Å²) in [5.41, 5.74) is 2.36. The molecule has 1 unspecified atom stereocenters. The van der Waals surface area contributed by atoms with Crippen molar-refractivity contribution in [3.8, 4) is 5.75 Å². The molecule has 8 nitrogen and oxygen atoms in total. The van der Waals surface area contributed by atoms with Crippen LogP contribution in [0.4, 0.5) is 0 Å². The molecule has 8 heteroatoms. The van der Waals surface area contributed by atoms with Crippen molar-refractivity contribution in [3.05, 3.63) is 77.4 Å². The van der Waals surface area contributed by atoms with Crippen LogP contribution >= 0.6 is 0 Å². The molecule has 1 atom stereocenters. The van der Waals surface area contributed by atoms with Crippen LogP contribution in [-0.2, 0) is 29.1 Å². The first-order valence-corrected chi connectivity index (χ1v) is 9.42. The Kier molecular flexibility index (Phi) is 7.15. The minimum atomic E-state index is -0.948. The second kappa shape index (κ2) is 10.2. The van der Waals surface area contributed by atoms with Gasteiger partial charge in [0.25, 0.3) is 5.89 Å². The molecule has 1 heterocycles. The number of aromatic nitrogens is 2. The van der Waals surface area contributed by atoms with Gasteiger partial charge in [0.1, 0.15) is 18.8 Å². The highest BCUT2D eigenvalue weighted by Gasteiger charge is 2.22. The number of carbonyl (C=O) groups is 1. The van der Waals surface area contributed by atoms with Gasteiger partial charge in [0.15, 0.2) is 12.4 Å². The van der Waals surface area contributed by atoms with Crippen LogP contribution in [0.2, 0.25) is 0 Å². The number of nitrogens with zero attached hydrogens (tertiary/aromatic N) is 3. The number of rotatable bonds is 10. The lowest BCUT2D eigenvalue weighted by molar-refractivity contribution is -0.139. The Morgan fingerprint density at radius 1 is 1.13 bits per heavy atom. The Labute approximate surface area is 174 Å². The summed E-state index contributed by atoms with van der Waals surface area (Å²) in [5.74, 6) is -0.0875. The van der Waals surface area contributed by atoms with Gasteiger partial charge in [-0.15, -0.1) is 0 Å². The van der Waals surface area contributed by atoms with Gasteiger partial charge in [0, 0.05) is 6.42 Å². The van der Waals surface area contributed by atoms with Crippen molar-refractivity contribution in [3.63, 3.8) is 0 Å². The smallest absolute Gasteiger partial charge is 0.312 e. The van der Waals surface area contributed by atoms with Crippen molar-refractivity contribution in [1.29, 1.82) is 0 Å². The molecule has 0 spiro atoms. The maximum Gasteiger partial charge on any atom is 0.312 e. The molecule has 0 aliphatic rings. The van der Waals surface area contributed by atoms with Crippen LogP contribution in [0.3, 0.4) is 0 Å². The molecule has 0 aliphatic carbocycles. The molecule has 0 radical (unpaired) electrons. The Hall–Kier alpha value is -3.68. The number of hydrogen-bond donors (Lipinski definition) is 1. The quantitative estimate of drug-likeness (QED) is 0.403. The predicted molar refractivity (Wildman–Crippen MR) is 109 cm³/mol. The van der Waals surface area contributed by atoms with Gasteiger partial charge < -0.3 is 19.2 Å². The number of carboxylic acid groups (broad SMARTS) is 1. The van der Waals surface area contributed by atoms with Gasteiger partial charge in [-0.2, -0.15) is 4.98 Å². The number of carboxylic acids is 1. The average molecular weight is 409 g/mol. The van der Waals surface area contributed by atoms with Gasteiger partial charge in [-0.25, -0.2) is 0 Å². The molecule has 1 aromatic heterocycles. The predicted octanol–water partition coefficient (Wildman–Crippen LogP) is 3.51. The minimum absolute atomic E-state index is 0.151. The zero-order chi connectivity index (χ0) is 21.3. The first-order chi connectivity index (χ1) is 14.5. The van der Waals surface area contributed by atoms with Gasteiger partial charge in [-0.05, 0) is 36.6 Å². The molecule has 0 aliphatic heterocycles. The second-order valence-electron chi connectivity index (χ2n) is 6.71. The summed E-state index contributed by atoms with van der Waals surface area (Å²) in [6.07, 6.45) is 0.899. The fourth-order valence-corrected chi connectivity index (χ4v) is 2.92. The summed E-state index contributed by atoms with van der Waals surface area (Å²) in [5, 5.41) is 17.1. The monoisotopic (exact) mass is 409 g/mol. The van der Waals surface area contributed by atoms with Gasteiger partial charge >= 0.3 is 5.97 Å². The normalized spacial score (nSPS) is 12.4. The number of oxime groups is 1. The number of aliphatic carboxylic acids is 1. The lowest BCUT2D eigenvalue weighted by Crippen LogP contribution is -2.24. The van der Waals surface area contributed by atoms with Crippen LogP contribution in [0.1, 0.15) is 29.8 Å². The molecule has 0 saturated carbocycles. The molecule has 0 bridgehead atoms. The van der Waals surface area contributed by atoms with E-state index in [9.17, 15) is 9.90 Å². The molecule has 30 heavy (non-hydrogen) atoms. The van der Waals surface area contributed by atoms with Gasteiger partial charge in [0.05, 0.1) is 5.71 Å². The van der Waals surface area contributed by atoms with Crippen molar-refractivity contribution in [2.75, 3.05) is 7.11 Å². The van der Waals surface area contributed by atoms with Crippen LogP contribution < -0.4 is 4.74 Å². The van der Waals surface area contributed by atoms with Crippen molar-refractivity contribution in [1.82, 2.24) is 10.1 Å². The average Bonchev–Trinajstić information content (AvgIpc) is 3.19. The van der Waals surface area contributed by atoms with Crippen molar-refractivity contribution >= 4 is 11.7 Å². The molecule has 2 aromatic carbocycles. The van der Waals surface area contributed by atoms with Crippen LogP contribution in [0, 0.1) is 5.92 Å². The topological polar surface area (TPSA) is 107 Å². The summed E-state index contributed by atoms with van der Waals surface area (Å²) in [6.45, 7) is 1.79. The highest BCUT2D eigenvalue weighted by molar-refractivity contribution is 6.00. The van der Waals surface area contributed by atoms with E-state index in [-0.39, 0.29) is 6.61 Å². The Balaban J connectivity index is 1.55. The number of ether oxygens (including phenoxy) is 1.